The lowest BCUT2D eigenvalue weighted by molar-refractivity contribution is 0.1000. The third-order valence-electron chi connectivity index (χ3n) is 2.47. The Morgan fingerprint density at radius 2 is 2.19 bits per heavy atom. The number of carbonyl (C=O) groups is 1. The number of nitrogens with two attached hydrogens (primary N) is 1. The summed E-state index contributed by atoms with van der Waals surface area (Å²) in [4.78, 5) is 15.0. The van der Waals surface area contributed by atoms with E-state index < -0.39 is 5.91 Å². The topological polar surface area (TPSA) is 68.0 Å². The van der Waals surface area contributed by atoms with Crippen LogP contribution in [0.3, 0.4) is 0 Å². The quantitative estimate of drug-likeness (QED) is 0.790. The highest BCUT2D eigenvalue weighted by Crippen LogP contribution is 2.23. The van der Waals surface area contributed by atoms with Crippen molar-refractivity contribution in [1.82, 2.24) is 4.98 Å². The van der Waals surface area contributed by atoms with Crippen LogP contribution in [0.25, 0.3) is 0 Å². The summed E-state index contributed by atoms with van der Waals surface area (Å²) in [5.41, 5.74) is 5.45. The van der Waals surface area contributed by atoms with Gasteiger partial charge in [-0.1, -0.05) is 23.8 Å². The van der Waals surface area contributed by atoms with E-state index in [1.807, 2.05) is 0 Å². The highest BCUT2D eigenvalue weighted by molar-refractivity contribution is 6.33. The number of hydrogen-bond acceptors (Lipinski definition) is 3. The lowest BCUT2D eigenvalue weighted by Crippen LogP contribution is -2.17. The van der Waals surface area contributed by atoms with E-state index in [1.54, 1.807) is 0 Å². The lowest BCUT2D eigenvalue weighted by Gasteiger charge is -2.13. The molecule has 0 bridgehead atoms. The van der Waals surface area contributed by atoms with Crippen LogP contribution in [0, 0.1) is 0 Å². The summed E-state index contributed by atoms with van der Waals surface area (Å²) in [6.07, 6.45) is 7.59. The summed E-state index contributed by atoms with van der Waals surface area (Å²) < 4.78 is 0. The summed E-state index contributed by atoms with van der Waals surface area (Å²) in [6, 6.07) is 1.87. The van der Waals surface area contributed by atoms with Crippen molar-refractivity contribution in [1.29, 1.82) is 0 Å². The standard InChI is InChI=1S/C11H12ClN3O/c12-9-5-7(10(13)16)6-14-11(9)15-8-3-1-2-4-8/h1-2,5-6,8H,3-4H2,(H2,13,16)(H,14,15). The van der Waals surface area contributed by atoms with Crippen LogP contribution in [0.5, 0.6) is 0 Å². The van der Waals surface area contributed by atoms with Crippen molar-refractivity contribution in [3.63, 3.8) is 0 Å². The first-order valence-corrected chi connectivity index (χ1v) is 5.41. The van der Waals surface area contributed by atoms with Gasteiger partial charge in [-0.15, -0.1) is 0 Å². The first-order valence-electron chi connectivity index (χ1n) is 5.03. The highest BCUT2D eigenvalue weighted by atomic mass is 35.5. The Morgan fingerprint density at radius 1 is 1.50 bits per heavy atom. The van der Waals surface area contributed by atoms with Gasteiger partial charge in [-0.2, -0.15) is 0 Å². The number of amides is 1. The SMILES string of the molecule is NC(=O)c1cnc(NC2CC=CC2)c(Cl)c1. The molecule has 4 nitrogen and oxygen atoms in total. The van der Waals surface area contributed by atoms with Crippen molar-refractivity contribution in [2.24, 2.45) is 5.73 Å². The molecule has 0 fully saturated rings. The molecule has 0 aliphatic heterocycles. The average molecular weight is 238 g/mol. The minimum atomic E-state index is -0.525. The number of nitrogens with one attached hydrogen (secondary N) is 1. The molecule has 1 aromatic heterocycles. The van der Waals surface area contributed by atoms with Gasteiger partial charge in [0.25, 0.3) is 0 Å². The molecule has 3 N–H and O–H groups in total. The van der Waals surface area contributed by atoms with Gasteiger partial charge in [-0.3, -0.25) is 4.79 Å². The van der Waals surface area contributed by atoms with Gasteiger partial charge in [0.05, 0.1) is 10.6 Å². The summed E-state index contributed by atoms with van der Waals surface area (Å²) in [7, 11) is 0. The fourth-order valence-corrected chi connectivity index (χ4v) is 1.83. The monoisotopic (exact) mass is 237 g/mol. The smallest absolute Gasteiger partial charge is 0.250 e. The second-order valence-electron chi connectivity index (χ2n) is 3.70. The maximum absolute atomic E-state index is 10.9. The molecule has 0 aromatic carbocycles. The van der Waals surface area contributed by atoms with E-state index in [1.165, 1.54) is 12.3 Å². The zero-order valence-electron chi connectivity index (χ0n) is 8.61. The third kappa shape index (κ3) is 2.33. The fraction of sp³-hybridized carbons (Fsp3) is 0.273. The Hall–Kier alpha value is -1.55. The van der Waals surface area contributed by atoms with Crippen molar-refractivity contribution in [3.05, 3.63) is 35.0 Å². The molecule has 0 unspecified atom stereocenters. The van der Waals surface area contributed by atoms with Crippen LogP contribution in [0.4, 0.5) is 5.82 Å². The van der Waals surface area contributed by atoms with Gasteiger partial charge in [-0.05, 0) is 18.9 Å². The molecule has 1 heterocycles. The van der Waals surface area contributed by atoms with Crippen LogP contribution in [-0.4, -0.2) is 16.9 Å². The second-order valence-corrected chi connectivity index (χ2v) is 4.11. The van der Waals surface area contributed by atoms with Gasteiger partial charge in [-0.25, -0.2) is 4.98 Å². The fourth-order valence-electron chi connectivity index (χ4n) is 1.61. The van der Waals surface area contributed by atoms with Crippen molar-refractivity contribution < 1.29 is 4.79 Å². The molecule has 84 valence electrons. The Balaban J connectivity index is 2.12. The summed E-state index contributed by atoms with van der Waals surface area (Å²) in [5, 5.41) is 3.64. The molecule has 0 saturated heterocycles. The molecule has 1 aliphatic carbocycles. The minimum absolute atomic E-state index is 0.320. The number of primary amides is 1. The molecular weight excluding hydrogens is 226 g/mol. The normalized spacial score (nSPS) is 15.3. The molecular formula is C11H12ClN3O. The molecule has 5 heteroatoms. The Labute approximate surface area is 98.5 Å². The van der Waals surface area contributed by atoms with Crippen molar-refractivity contribution >= 4 is 23.3 Å². The predicted molar refractivity (Wildman–Crippen MR) is 63.5 cm³/mol. The van der Waals surface area contributed by atoms with E-state index in [9.17, 15) is 4.79 Å². The second kappa shape index (κ2) is 4.53. The van der Waals surface area contributed by atoms with E-state index in [2.05, 4.69) is 22.5 Å². The first-order chi connectivity index (χ1) is 7.66. The Kier molecular flexibility index (Phi) is 3.10. The van der Waals surface area contributed by atoms with E-state index >= 15 is 0 Å². The number of aromatic nitrogens is 1. The summed E-state index contributed by atoms with van der Waals surface area (Å²) in [6.45, 7) is 0. The number of pyridine rings is 1. The molecule has 0 atom stereocenters. The van der Waals surface area contributed by atoms with Gasteiger partial charge in [0.2, 0.25) is 5.91 Å². The van der Waals surface area contributed by atoms with E-state index in [0.717, 1.165) is 12.8 Å². The molecule has 0 saturated carbocycles. The van der Waals surface area contributed by atoms with E-state index in [-0.39, 0.29) is 0 Å². The highest BCUT2D eigenvalue weighted by Gasteiger charge is 2.13. The van der Waals surface area contributed by atoms with Crippen LogP contribution in [0.15, 0.2) is 24.4 Å². The molecule has 1 amide bonds. The van der Waals surface area contributed by atoms with Crippen LogP contribution in [0.1, 0.15) is 23.2 Å². The van der Waals surface area contributed by atoms with Crippen molar-refractivity contribution in [2.75, 3.05) is 5.32 Å². The van der Waals surface area contributed by atoms with Gasteiger partial charge >= 0.3 is 0 Å². The van der Waals surface area contributed by atoms with E-state index in [4.69, 9.17) is 17.3 Å². The first kappa shape index (κ1) is 11.0. The van der Waals surface area contributed by atoms with Gasteiger partial charge < -0.3 is 11.1 Å². The number of rotatable bonds is 3. The Morgan fingerprint density at radius 3 is 2.75 bits per heavy atom. The lowest BCUT2D eigenvalue weighted by atomic mass is 10.2. The summed E-state index contributed by atoms with van der Waals surface area (Å²) >= 11 is 6.00. The van der Waals surface area contributed by atoms with Crippen LogP contribution < -0.4 is 11.1 Å². The maximum Gasteiger partial charge on any atom is 0.250 e. The van der Waals surface area contributed by atoms with Gasteiger partial charge in [0.15, 0.2) is 0 Å². The number of carbonyl (C=O) groups excluding carboxylic acids is 1. The number of halogens is 1. The van der Waals surface area contributed by atoms with Crippen molar-refractivity contribution in [2.45, 2.75) is 18.9 Å². The van der Waals surface area contributed by atoms with Crippen LogP contribution in [0.2, 0.25) is 5.02 Å². The number of anilines is 1. The molecule has 0 spiro atoms. The van der Waals surface area contributed by atoms with Gasteiger partial charge in [0, 0.05) is 12.2 Å². The summed E-state index contributed by atoms with van der Waals surface area (Å²) in [5.74, 6) is 0.0730. The minimum Gasteiger partial charge on any atom is -0.366 e. The molecule has 0 radical (unpaired) electrons. The zero-order chi connectivity index (χ0) is 11.5. The Bertz CT molecular complexity index is 437. The molecule has 1 aromatic rings. The van der Waals surface area contributed by atoms with Gasteiger partial charge in [0.1, 0.15) is 5.82 Å². The van der Waals surface area contributed by atoms with Crippen LogP contribution >= 0.6 is 11.6 Å². The van der Waals surface area contributed by atoms with E-state index in [0.29, 0.717) is 22.4 Å². The predicted octanol–water partition coefficient (Wildman–Crippen LogP) is 1.96. The largest absolute Gasteiger partial charge is 0.366 e. The van der Waals surface area contributed by atoms with Crippen molar-refractivity contribution in [3.8, 4) is 0 Å². The third-order valence-corrected chi connectivity index (χ3v) is 2.76. The average Bonchev–Trinajstić information content (AvgIpc) is 2.73. The molecule has 16 heavy (non-hydrogen) atoms. The number of nitrogens with zero attached hydrogens (tertiary/aromatic N) is 1. The zero-order valence-corrected chi connectivity index (χ0v) is 9.37. The van der Waals surface area contributed by atoms with Crippen LogP contribution in [-0.2, 0) is 0 Å². The number of hydrogen-bond donors (Lipinski definition) is 2. The molecule has 2 rings (SSSR count). The molecule has 1 aliphatic rings. The maximum atomic E-state index is 10.9.